The van der Waals surface area contributed by atoms with Crippen molar-refractivity contribution in [3.8, 4) is 0 Å². The van der Waals surface area contributed by atoms with Gasteiger partial charge in [-0.3, -0.25) is 14.1 Å². The van der Waals surface area contributed by atoms with Crippen molar-refractivity contribution in [2.24, 2.45) is 0 Å². The Morgan fingerprint density at radius 3 is 2.93 bits per heavy atom. The van der Waals surface area contributed by atoms with Gasteiger partial charge in [-0.25, -0.2) is 0 Å². The number of rotatable bonds is 4. The van der Waals surface area contributed by atoms with E-state index in [9.17, 15) is 9.00 Å². The zero-order chi connectivity index (χ0) is 11.4. The number of carbonyl (C=O) groups is 1. The van der Waals surface area contributed by atoms with Gasteiger partial charge < -0.3 is 11.1 Å². The molecule has 4 N–H and O–H groups in total. The van der Waals surface area contributed by atoms with E-state index in [0.717, 1.165) is 0 Å². The Labute approximate surface area is 90.1 Å². The lowest BCUT2D eigenvalue weighted by Gasteiger charge is -2.11. The highest BCUT2D eigenvalue weighted by Crippen LogP contribution is 2.05. The molecule has 0 aliphatic rings. The first-order valence-corrected chi connectivity index (χ1v) is 6.13. The zero-order valence-corrected chi connectivity index (χ0v) is 9.43. The quantitative estimate of drug-likeness (QED) is 0.648. The highest BCUT2D eigenvalue weighted by molar-refractivity contribution is 7.84. The molecule has 0 aliphatic carbocycles. The molecule has 1 amide bonds. The molecular weight excluding hydrogens is 216 g/mol. The fourth-order valence-corrected chi connectivity index (χ4v) is 1.95. The van der Waals surface area contributed by atoms with Gasteiger partial charge in [-0.05, 0) is 6.92 Å². The number of amides is 1. The summed E-state index contributed by atoms with van der Waals surface area (Å²) in [7, 11) is -0.936. The molecule has 0 radical (unpaired) electrons. The van der Waals surface area contributed by atoms with E-state index in [-0.39, 0.29) is 17.6 Å². The van der Waals surface area contributed by atoms with Gasteiger partial charge in [0.2, 0.25) is 0 Å². The number of hydrogen-bond donors (Lipinski definition) is 3. The number of nitrogens with one attached hydrogen (secondary N) is 2. The Morgan fingerprint density at radius 2 is 2.47 bits per heavy atom. The summed E-state index contributed by atoms with van der Waals surface area (Å²) in [5.74, 6) is 0.0858. The highest BCUT2D eigenvalue weighted by Gasteiger charge is 2.14. The van der Waals surface area contributed by atoms with Crippen LogP contribution in [0.15, 0.2) is 6.20 Å². The Morgan fingerprint density at radius 1 is 1.80 bits per heavy atom. The maximum atomic E-state index is 11.6. The molecular formula is C8H14N4O2S. The summed E-state index contributed by atoms with van der Waals surface area (Å²) in [5, 5.41) is 8.81. The molecule has 2 unspecified atom stereocenters. The molecule has 15 heavy (non-hydrogen) atoms. The average molecular weight is 230 g/mol. The lowest BCUT2D eigenvalue weighted by molar-refractivity contribution is 0.0939. The van der Waals surface area contributed by atoms with Crippen LogP contribution in [0, 0.1) is 0 Å². The maximum absolute atomic E-state index is 11.6. The second-order valence-electron chi connectivity index (χ2n) is 3.31. The van der Waals surface area contributed by atoms with E-state index in [1.54, 1.807) is 13.2 Å². The summed E-state index contributed by atoms with van der Waals surface area (Å²) in [4.78, 5) is 11.6. The van der Waals surface area contributed by atoms with Crippen molar-refractivity contribution in [2.45, 2.75) is 13.0 Å². The van der Waals surface area contributed by atoms with E-state index >= 15 is 0 Å². The van der Waals surface area contributed by atoms with Crippen LogP contribution in [0.4, 0.5) is 5.69 Å². The third-order valence-electron chi connectivity index (χ3n) is 1.76. The number of carbonyl (C=O) groups excluding carboxylic acids is 1. The summed E-state index contributed by atoms with van der Waals surface area (Å²) < 4.78 is 10.9. The maximum Gasteiger partial charge on any atom is 0.271 e. The molecule has 7 heteroatoms. The first kappa shape index (κ1) is 11.7. The summed E-state index contributed by atoms with van der Waals surface area (Å²) in [6.45, 7) is 1.78. The van der Waals surface area contributed by atoms with Crippen molar-refractivity contribution >= 4 is 22.4 Å². The first-order valence-electron chi connectivity index (χ1n) is 4.40. The number of anilines is 1. The van der Waals surface area contributed by atoms with Crippen LogP contribution in [0.2, 0.25) is 0 Å². The number of nitrogen functional groups attached to an aromatic ring is 1. The zero-order valence-electron chi connectivity index (χ0n) is 8.61. The number of H-pyrrole nitrogens is 1. The first-order chi connectivity index (χ1) is 7.00. The van der Waals surface area contributed by atoms with Crippen LogP contribution in [0.25, 0.3) is 0 Å². The monoisotopic (exact) mass is 230 g/mol. The predicted octanol–water partition coefficient (Wildman–Crippen LogP) is -0.511. The van der Waals surface area contributed by atoms with E-state index in [2.05, 4.69) is 15.5 Å². The molecule has 0 saturated heterocycles. The normalized spacial score (nSPS) is 14.5. The number of aromatic nitrogens is 2. The number of nitrogens with zero attached hydrogens (tertiary/aromatic N) is 1. The minimum absolute atomic E-state index is 0.161. The van der Waals surface area contributed by atoms with E-state index < -0.39 is 10.8 Å². The minimum atomic E-state index is -0.936. The Hall–Kier alpha value is -1.37. The molecule has 2 atom stereocenters. The molecule has 0 aromatic carbocycles. The molecule has 6 nitrogen and oxygen atoms in total. The van der Waals surface area contributed by atoms with E-state index in [1.807, 2.05) is 0 Å². The number of hydrogen-bond acceptors (Lipinski definition) is 4. The predicted molar refractivity (Wildman–Crippen MR) is 58.9 cm³/mol. The smallest absolute Gasteiger partial charge is 0.271 e. The topological polar surface area (TPSA) is 101 Å². The van der Waals surface area contributed by atoms with Crippen molar-refractivity contribution < 1.29 is 9.00 Å². The van der Waals surface area contributed by atoms with Crippen LogP contribution in [0.3, 0.4) is 0 Å². The van der Waals surface area contributed by atoms with Crippen molar-refractivity contribution in [3.05, 3.63) is 11.9 Å². The summed E-state index contributed by atoms with van der Waals surface area (Å²) in [6, 6.07) is -0.161. The third-order valence-corrected chi connectivity index (χ3v) is 2.73. The third kappa shape index (κ3) is 3.35. The van der Waals surface area contributed by atoms with Gasteiger partial charge in [0, 0.05) is 28.9 Å². The van der Waals surface area contributed by atoms with E-state index in [1.165, 1.54) is 6.20 Å². The van der Waals surface area contributed by atoms with Crippen LogP contribution in [0.5, 0.6) is 0 Å². The Kier molecular flexibility index (Phi) is 3.84. The van der Waals surface area contributed by atoms with Gasteiger partial charge in [0.1, 0.15) is 5.69 Å². The van der Waals surface area contributed by atoms with Crippen molar-refractivity contribution in [3.63, 3.8) is 0 Å². The van der Waals surface area contributed by atoms with Crippen molar-refractivity contribution in [2.75, 3.05) is 17.7 Å². The van der Waals surface area contributed by atoms with Crippen molar-refractivity contribution in [1.29, 1.82) is 0 Å². The van der Waals surface area contributed by atoms with Gasteiger partial charge in [-0.1, -0.05) is 0 Å². The SMILES string of the molecule is CC(CS(C)=O)NC(=O)c1[nH]ncc1N. The van der Waals surface area contributed by atoms with Gasteiger partial charge in [-0.2, -0.15) is 5.10 Å². The highest BCUT2D eigenvalue weighted by atomic mass is 32.2. The summed E-state index contributed by atoms with van der Waals surface area (Å²) in [5.41, 5.74) is 6.05. The van der Waals surface area contributed by atoms with Crippen LogP contribution in [-0.2, 0) is 10.8 Å². The van der Waals surface area contributed by atoms with Gasteiger partial charge in [0.25, 0.3) is 5.91 Å². The van der Waals surface area contributed by atoms with Crippen LogP contribution in [-0.4, -0.2) is 38.4 Å². The van der Waals surface area contributed by atoms with Crippen molar-refractivity contribution in [1.82, 2.24) is 15.5 Å². The molecule has 1 aromatic heterocycles. The molecule has 0 aliphatic heterocycles. The Balaban J connectivity index is 2.56. The molecule has 84 valence electrons. The molecule has 0 bridgehead atoms. The molecule has 1 aromatic rings. The van der Waals surface area contributed by atoms with Crippen LogP contribution < -0.4 is 11.1 Å². The van der Waals surface area contributed by atoms with Gasteiger partial charge in [-0.15, -0.1) is 0 Å². The summed E-state index contributed by atoms with van der Waals surface area (Å²) in [6.07, 6.45) is 2.96. The van der Waals surface area contributed by atoms with E-state index in [0.29, 0.717) is 11.4 Å². The molecule has 0 fully saturated rings. The lowest BCUT2D eigenvalue weighted by atomic mass is 10.3. The Bertz CT molecular complexity index is 376. The number of nitrogens with two attached hydrogens (primary N) is 1. The fourth-order valence-electron chi connectivity index (χ4n) is 1.17. The molecule has 0 saturated carbocycles. The molecule has 1 rings (SSSR count). The number of aromatic amines is 1. The van der Waals surface area contributed by atoms with E-state index in [4.69, 9.17) is 5.73 Å². The van der Waals surface area contributed by atoms with Crippen LogP contribution in [0.1, 0.15) is 17.4 Å². The second-order valence-corrected chi connectivity index (χ2v) is 4.79. The molecule has 1 heterocycles. The summed E-state index contributed by atoms with van der Waals surface area (Å²) >= 11 is 0. The van der Waals surface area contributed by atoms with Crippen LogP contribution >= 0.6 is 0 Å². The second kappa shape index (κ2) is 4.92. The minimum Gasteiger partial charge on any atom is -0.396 e. The van der Waals surface area contributed by atoms with Gasteiger partial charge in [0.15, 0.2) is 0 Å². The average Bonchev–Trinajstić information content (AvgIpc) is 2.49. The van der Waals surface area contributed by atoms with Gasteiger partial charge in [0.05, 0.1) is 11.9 Å². The standard InChI is InChI=1S/C8H14N4O2S/c1-5(4-15(2)14)11-8(13)7-6(9)3-10-12-7/h3,5H,4,9H2,1-2H3,(H,10,12)(H,11,13). The molecule has 0 spiro atoms. The lowest BCUT2D eigenvalue weighted by Crippen LogP contribution is -2.36. The fraction of sp³-hybridized carbons (Fsp3) is 0.500. The largest absolute Gasteiger partial charge is 0.396 e. The van der Waals surface area contributed by atoms with Gasteiger partial charge >= 0.3 is 0 Å².